The van der Waals surface area contributed by atoms with Crippen molar-refractivity contribution in [1.82, 2.24) is 4.98 Å². The quantitative estimate of drug-likeness (QED) is 0.635. The fraction of sp³-hybridized carbons (Fsp3) is 0.0833. The summed E-state index contributed by atoms with van der Waals surface area (Å²) in [6.07, 6.45) is 1.38. The minimum absolute atomic E-state index is 0.0658. The molecular weight excluding hydrogens is 301 g/mol. The molecular formula is C12H10FN3O4S. The molecule has 0 N–H and O–H groups in total. The summed E-state index contributed by atoms with van der Waals surface area (Å²) in [5.74, 6) is -1.15. The molecule has 0 atom stereocenters. The van der Waals surface area contributed by atoms with Crippen LogP contribution in [-0.4, -0.2) is 25.4 Å². The zero-order valence-corrected chi connectivity index (χ0v) is 11.6. The van der Waals surface area contributed by atoms with Crippen molar-refractivity contribution in [2.45, 2.75) is 4.90 Å². The molecule has 0 fully saturated rings. The van der Waals surface area contributed by atoms with Gasteiger partial charge >= 0.3 is 5.69 Å². The lowest BCUT2D eigenvalue weighted by Crippen LogP contribution is -2.28. The Morgan fingerprint density at radius 3 is 2.52 bits per heavy atom. The first-order valence-corrected chi connectivity index (χ1v) is 7.12. The van der Waals surface area contributed by atoms with Crippen LogP contribution < -0.4 is 4.31 Å². The largest absolute Gasteiger partial charge is 0.325 e. The van der Waals surface area contributed by atoms with Gasteiger partial charge < -0.3 is 0 Å². The van der Waals surface area contributed by atoms with Crippen LogP contribution in [0.3, 0.4) is 0 Å². The molecule has 0 saturated carbocycles. The second kappa shape index (κ2) is 5.44. The second-order valence-electron chi connectivity index (χ2n) is 4.00. The van der Waals surface area contributed by atoms with Crippen molar-refractivity contribution in [2.75, 3.05) is 11.4 Å². The minimum Gasteiger partial charge on any atom is -0.258 e. The first kappa shape index (κ1) is 14.9. The lowest BCUT2D eigenvalue weighted by atomic mass is 10.3. The van der Waals surface area contributed by atoms with Gasteiger partial charge in [-0.15, -0.1) is 0 Å². The molecule has 0 aliphatic carbocycles. The standard InChI is InChI=1S/C12H10FN3O4S/c1-15(11-7-2-3-8-14-11)21(19,20)10-6-4-5-9(13)12(10)16(17)18/h2-8H,1H3. The van der Waals surface area contributed by atoms with E-state index >= 15 is 0 Å². The molecule has 9 heteroatoms. The van der Waals surface area contributed by atoms with E-state index in [0.29, 0.717) is 0 Å². The number of halogens is 1. The van der Waals surface area contributed by atoms with Crippen molar-refractivity contribution in [3.05, 3.63) is 58.5 Å². The van der Waals surface area contributed by atoms with Crippen molar-refractivity contribution in [1.29, 1.82) is 0 Å². The van der Waals surface area contributed by atoms with Gasteiger partial charge in [-0.05, 0) is 24.3 Å². The maximum atomic E-state index is 13.6. The third-order valence-corrected chi connectivity index (χ3v) is 4.54. The highest BCUT2D eigenvalue weighted by Crippen LogP contribution is 2.30. The lowest BCUT2D eigenvalue weighted by molar-refractivity contribution is -0.390. The Hall–Kier alpha value is -2.55. The lowest BCUT2D eigenvalue weighted by Gasteiger charge is -2.18. The topological polar surface area (TPSA) is 93.4 Å². The molecule has 0 saturated heterocycles. The van der Waals surface area contributed by atoms with E-state index < -0.39 is 31.3 Å². The van der Waals surface area contributed by atoms with Gasteiger partial charge in [-0.3, -0.25) is 14.4 Å². The van der Waals surface area contributed by atoms with Gasteiger partial charge in [0.15, 0.2) is 4.90 Å². The monoisotopic (exact) mass is 311 g/mol. The maximum absolute atomic E-state index is 13.6. The van der Waals surface area contributed by atoms with E-state index in [0.717, 1.165) is 22.5 Å². The van der Waals surface area contributed by atoms with Crippen molar-refractivity contribution < 1.29 is 17.7 Å². The van der Waals surface area contributed by atoms with Crippen LogP contribution in [0.2, 0.25) is 0 Å². The summed E-state index contributed by atoms with van der Waals surface area (Å²) in [6, 6.07) is 7.49. The molecule has 0 unspecified atom stereocenters. The predicted molar refractivity (Wildman–Crippen MR) is 72.9 cm³/mol. The third kappa shape index (κ3) is 2.68. The number of nitro benzene ring substituents is 1. The zero-order valence-electron chi connectivity index (χ0n) is 10.8. The first-order valence-electron chi connectivity index (χ1n) is 5.68. The summed E-state index contributed by atoms with van der Waals surface area (Å²) >= 11 is 0. The SMILES string of the molecule is CN(c1ccccn1)S(=O)(=O)c1cccc(F)c1[N+](=O)[O-]. The second-order valence-corrected chi connectivity index (χ2v) is 5.94. The van der Waals surface area contributed by atoms with E-state index in [1.165, 1.54) is 19.3 Å². The summed E-state index contributed by atoms with van der Waals surface area (Å²) in [4.78, 5) is 13.0. The van der Waals surface area contributed by atoms with Crippen LogP contribution in [0.15, 0.2) is 47.5 Å². The Labute approximate surface area is 119 Å². The van der Waals surface area contributed by atoms with Gasteiger partial charge in [-0.1, -0.05) is 12.1 Å². The number of benzene rings is 1. The predicted octanol–water partition coefficient (Wildman–Crippen LogP) is 1.95. The number of aromatic nitrogens is 1. The number of hydrogen-bond donors (Lipinski definition) is 0. The summed E-state index contributed by atoms with van der Waals surface area (Å²) in [5.41, 5.74) is -1.08. The van der Waals surface area contributed by atoms with Crippen LogP contribution in [0.4, 0.5) is 15.9 Å². The molecule has 7 nitrogen and oxygen atoms in total. The number of nitro groups is 1. The van der Waals surface area contributed by atoms with Crippen LogP contribution in [0.25, 0.3) is 0 Å². The molecule has 1 heterocycles. The Bertz CT molecular complexity index is 780. The van der Waals surface area contributed by atoms with Crippen LogP contribution in [-0.2, 0) is 10.0 Å². The summed E-state index contributed by atoms with van der Waals surface area (Å²) < 4.78 is 39.2. The zero-order chi connectivity index (χ0) is 15.6. The van der Waals surface area contributed by atoms with Gasteiger partial charge in [0.1, 0.15) is 5.82 Å². The van der Waals surface area contributed by atoms with Gasteiger partial charge in [0.25, 0.3) is 10.0 Å². The van der Waals surface area contributed by atoms with Crippen molar-refractivity contribution >= 4 is 21.5 Å². The molecule has 0 aliphatic rings. The average Bonchev–Trinajstić information content (AvgIpc) is 2.46. The van der Waals surface area contributed by atoms with E-state index in [-0.39, 0.29) is 5.82 Å². The van der Waals surface area contributed by atoms with Gasteiger partial charge in [-0.2, -0.15) is 4.39 Å². The Morgan fingerprint density at radius 2 is 1.95 bits per heavy atom. The maximum Gasteiger partial charge on any atom is 0.325 e. The fourth-order valence-electron chi connectivity index (χ4n) is 1.69. The van der Waals surface area contributed by atoms with Crippen LogP contribution in [0.5, 0.6) is 0 Å². The molecule has 0 spiro atoms. The number of rotatable bonds is 4. The number of anilines is 1. The molecule has 110 valence electrons. The third-order valence-electron chi connectivity index (χ3n) is 2.74. The highest BCUT2D eigenvalue weighted by Gasteiger charge is 2.32. The van der Waals surface area contributed by atoms with Crippen molar-refractivity contribution in [3.63, 3.8) is 0 Å². The number of pyridine rings is 1. The molecule has 0 radical (unpaired) electrons. The summed E-state index contributed by atoms with van der Waals surface area (Å²) in [5, 5.41) is 10.9. The first-order chi connectivity index (χ1) is 9.85. The molecule has 1 aromatic carbocycles. The van der Waals surface area contributed by atoms with E-state index in [1.54, 1.807) is 12.1 Å². The van der Waals surface area contributed by atoms with Crippen LogP contribution in [0, 0.1) is 15.9 Å². The van der Waals surface area contributed by atoms with Gasteiger partial charge in [0.2, 0.25) is 5.82 Å². The Kier molecular flexibility index (Phi) is 3.85. The summed E-state index contributed by atoms with van der Waals surface area (Å²) in [6.45, 7) is 0. The van der Waals surface area contributed by atoms with Crippen molar-refractivity contribution in [3.8, 4) is 0 Å². The highest BCUT2D eigenvalue weighted by atomic mass is 32.2. The number of sulfonamides is 1. The number of para-hydroxylation sites is 1. The van der Waals surface area contributed by atoms with Crippen LogP contribution >= 0.6 is 0 Å². The Morgan fingerprint density at radius 1 is 1.24 bits per heavy atom. The average molecular weight is 311 g/mol. The minimum atomic E-state index is -4.30. The van der Waals surface area contributed by atoms with Crippen molar-refractivity contribution in [2.24, 2.45) is 0 Å². The van der Waals surface area contributed by atoms with E-state index in [2.05, 4.69) is 4.98 Å². The smallest absolute Gasteiger partial charge is 0.258 e. The summed E-state index contributed by atoms with van der Waals surface area (Å²) in [7, 11) is -3.11. The molecule has 0 amide bonds. The molecule has 0 aliphatic heterocycles. The highest BCUT2D eigenvalue weighted by molar-refractivity contribution is 7.93. The molecule has 21 heavy (non-hydrogen) atoms. The molecule has 0 bridgehead atoms. The number of hydrogen-bond acceptors (Lipinski definition) is 5. The van der Waals surface area contributed by atoms with Gasteiger partial charge in [0.05, 0.1) is 4.92 Å². The molecule has 2 aromatic rings. The molecule has 1 aromatic heterocycles. The fourth-order valence-corrected chi connectivity index (χ4v) is 3.01. The number of nitrogens with zero attached hydrogens (tertiary/aromatic N) is 3. The van der Waals surface area contributed by atoms with Gasteiger partial charge in [0, 0.05) is 13.2 Å². The van der Waals surface area contributed by atoms with E-state index in [4.69, 9.17) is 0 Å². The van der Waals surface area contributed by atoms with E-state index in [9.17, 15) is 22.9 Å². The normalized spacial score (nSPS) is 11.1. The molecule has 2 rings (SSSR count). The Balaban J connectivity index is 2.61. The van der Waals surface area contributed by atoms with Crippen LogP contribution in [0.1, 0.15) is 0 Å². The van der Waals surface area contributed by atoms with Gasteiger partial charge in [-0.25, -0.2) is 13.4 Å². The van der Waals surface area contributed by atoms with E-state index in [1.807, 2.05) is 0 Å².